The Kier molecular flexibility index (Phi) is 4.28. The highest BCUT2D eigenvalue weighted by atomic mass is 79.9. The first-order valence-corrected chi connectivity index (χ1v) is 7.05. The van der Waals surface area contributed by atoms with Crippen LogP contribution in [-0.2, 0) is 0 Å². The molecule has 100 valence electrons. The summed E-state index contributed by atoms with van der Waals surface area (Å²) in [5.74, 6) is -0.292. The van der Waals surface area contributed by atoms with Crippen molar-refractivity contribution in [3.8, 4) is 0 Å². The van der Waals surface area contributed by atoms with Gasteiger partial charge in [0.25, 0.3) is 0 Å². The number of aromatic nitrogens is 3. The lowest BCUT2D eigenvalue weighted by Gasteiger charge is -2.11. The second kappa shape index (κ2) is 5.61. The molecule has 0 radical (unpaired) electrons. The Morgan fingerprint density at radius 2 is 2.05 bits per heavy atom. The summed E-state index contributed by atoms with van der Waals surface area (Å²) in [4.78, 5) is 16.5. The average Bonchev–Trinajstić information content (AvgIpc) is 2.70. The van der Waals surface area contributed by atoms with Gasteiger partial charge in [-0.2, -0.15) is 5.10 Å². The van der Waals surface area contributed by atoms with Crippen LogP contribution in [-0.4, -0.2) is 20.5 Å². The molecule has 0 aliphatic heterocycles. The molecule has 0 saturated heterocycles. The SMILES string of the molecule is CC(C)n1ncc(Br)c1C(=O)c1ncc(Cl)cc1Cl. The van der Waals surface area contributed by atoms with E-state index in [1.165, 1.54) is 12.3 Å². The zero-order valence-corrected chi connectivity index (χ0v) is 13.3. The van der Waals surface area contributed by atoms with Gasteiger partial charge in [0, 0.05) is 12.2 Å². The standard InChI is InChI=1S/C12H10BrCl2N3O/c1-6(2)18-11(8(13)5-17-18)12(19)10-9(15)3-7(14)4-16-10/h3-6H,1-2H3. The maximum absolute atomic E-state index is 12.5. The lowest BCUT2D eigenvalue weighted by molar-refractivity contribution is 0.102. The molecule has 2 aromatic rings. The van der Waals surface area contributed by atoms with Gasteiger partial charge in [0.05, 0.1) is 20.7 Å². The van der Waals surface area contributed by atoms with Crippen molar-refractivity contribution in [3.05, 3.63) is 44.4 Å². The van der Waals surface area contributed by atoms with E-state index in [-0.39, 0.29) is 22.5 Å². The lowest BCUT2D eigenvalue weighted by atomic mass is 10.2. The maximum Gasteiger partial charge on any atom is 0.232 e. The fourth-order valence-electron chi connectivity index (χ4n) is 1.64. The van der Waals surface area contributed by atoms with E-state index in [0.29, 0.717) is 15.2 Å². The molecule has 0 saturated carbocycles. The van der Waals surface area contributed by atoms with Gasteiger partial charge in [-0.15, -0.1) is 0 Å². The zero-order valence-electron chi connectivity index (χ0n) is 10.2. The van der Waals surface area contributed by atoms with Gasteiger partial charge in [-0.25, -0.2) is 4.98 Å². The number of carbonyl (C=O) groups excluding carboxylic acids is 1. The fraction of sp³-hybridized carbons (Fsp3) is 0.250. The van der Waals surface area contributed by atoms with E-state index < -0.39 is 0 Å². The normalized spacial score (nSPS) is 11.1. The molecule has 0 fully saturated rings. The van der Waals surface area contributed by atoms with Crippen molar-refractivity contribution in [2.24, 2.45) is 0 Å². The molecule has 2 aromatic heterocycles. The number of nitrogens with zero attached hydrogens (tertiary/aromatic N) is 3. The van der Waals surface area contributed by atoms with Crippen LogP contribution < -0.4 is 0 Å². The quantitative estimate of drug-likeness (QED) is 0.770. The summed E-state index contributed by atoms with van der Waals surface area (Å²) >= 11 is 15.1. The van der Waals surface area contributed by atoms with Gasteiger partial charge in [0.15, 0.2) is 0 Å². The van der Waals surface area contributed by atoms with E-state index in [1.807, 2.05) is 13.8 Å². The van der Waals surface area contributed by atoms with Crippen molar-refractivity contribution in [2.75, 3.05) is 0 Å². The predicted molar refractivity (Wildman–Crippen MR) is 78.0 cm³/mol. The number of hydrogen-bond acceptors (Lipinski definition) is 3. The Hall–Kier alpha value is -0.910. The third-order valence-electron chi connectivity index (χ3n) is 2.48. The maximum atomic E-state index is 12.5. The summed E-state index contributed by atoms with van der Waals surface area (Å²) in [6, 6.07) is 1.55. The number of carbonyl (C=O) groups is 1. The van der Waals surface area contributed by atoms with Crippen LogP contribution in [0.3, 0.4) is 0 Å². The number of ketones is 1. The first-order chi connectivity index (χ1) is 8.91. The van der Waals surface area contributed by atoms with Crippen molar-refractivity contribution < 1.29 is 4.79 Å². The molecule has 0 aromatic carbocycles. The minimum Gasteiger partial charge on any atom is -0.285 e. The van der Waals surface area contributed by atoms with Gasteiger partial charge in [0.2, 0.25) is 5.78 Å². The van der Waals surface area contributed by atoms with Crippen molar-refractivity contribution >= 4 is 44.9 Å². The molecule has 0 amide bonds. The molecule has 2 heterocycles. The second-order valence-electron chi connectivity index (χ2n) is 4.19. The first kappa shape index (κ1) is 14.5. The highest BCUT2D eigenvalue weighted by Gasteiger charge is 2.23. The minimum atomic E-state index is -0.292. The van der Waals surface area contributed by atoms with Crippen LogP contribution in [0.4, 0.5) is 0 Å². The molecule has 4 nitrogen and oxygen atoms in total. The monoisotopic (exact) mass is 361 g/mol. The van der Waals surface area contributed by atoms with Crippen LogP contribution in [0.2, 0.25) is 10.0 Å². The van der Waals surface area contributed by atoms with E-state index in [4.69, 9.17) is 23.2 Å². The molecule has 2 rings (SSSR count). The smallest absolute Gasteiger partial charge is 0.232 e. The Morgan fingerprint density at radius 3 is 2.63 bits per heavy atom. The summed E-state index contributed by atoms with van der Waals surface area (Å²) in [5.41, 5.74) is 0.584. The van der Waals surface area contributed by atoms with Crippen LogP contribution in [0.1, 0.15) is 36.1 Å². The van der Waals surface area contributed by atoms with Gasteiger partial charge >= 0.3 is 0 Å². The molecule has 0 unspecified atom stereocenters. The largest absolute Gasteiger partial charge is 0.285 e. The van der Waals surface area contributed by atoms with Gasteiger partial charge < -0.3 is 0 Å². The molecule has 0 bridgehead atoms. The molecular formula is C12H10BrCl2N3O. The van der Waals surface area contributed by atoms with Crippen LogP contribution >= 0.6 is 39.1 Å². The Morgan fingerprint density at radius 1 is 1.37 bits per heavy atom. The van der Waals surface area contributed by atoms with Crippen molar-refractivity contribution in [3.63, 3.8) is 0 Å². The summed E-state index contributed by atoms with van der Waals surface area (Å²) in [6.07, 6.45) is 2.97. The summed E-state index contributed by atoms with van der Waals surface area (Å²) in [6.45, 7) is 3.88. The van der Waals surface area contributed by atoms with Crippen LogP contribution in [0, 0.1) is 0 Å². The van der Waals surface area contributed by atoms with Crippen molar-refractivity contribution in [1.29, 1.82) is 0 Å². The third-order valence-corrected chi connectivity index (χ3v) is 3.55. The molecule has 0 spiro atoms. The average molecular weight is 363 g/mol. The number of halogens is 3. The third kappa shape index (κ3) is 2.83. The molecule has 0 aliphatic carbocycles. The van der Waals surface area contributed by atoms with E-state index >= 15 is 0 Å². The van der Waals surface area contributed by atoms with Crippen molar-refractivity contribution in [2.45, 2.75) is 19.9 Å². The molecular weight excluding hydrogens is 353 g/mol. The number of pyridine rings is 1. The number of rotatable bonds is 3. The highest BCUT2D eigenvalue weighted by molar-refractivity contribution is 9.10. The Bertz CT molecular complexity index is 640. The molecule has 0 atom stereocenters. The van der Waals surface area contributed by atoms with Crippen LogP contribution in [0.5, 0.6) is 0 Å². The predicted octanol–water partition coefficient (Wildman–Crippen LogP) is 4.16. The molecule has 0 N–H and O–H groups in total. The van der Waals surface area contributed by atoms with Crippen LogP contribution in [0.15, 0.2) is 22.9 Å². The van der Waals surface area contributed by atoms with Gasteiger partial charge in [0.1, 0.15) is 11.4 Å². The van der Waals surface area contributed by atoms with Crippen molar-refractivity contribution in [1.82, 2.24) is 14.8 Å². The second-order valence-corrected chi connectivity index (χ2v) is 5.89. The van der Waals surface area contributed by atoms with E-state index in [0.717, 1.165) is 0 Å². The Labute approximate surface area is 128 Å². The highest BCUT2D eigenvalue weighted by Crippen LogP contribution is 2.26. The summed E-state index contributed by atoms with van der Waals surface area (Å²) in [7, 11) is 0. The van der Waals surface area contributed by atoms with Gasteiger partial charge in [-0.1, -0.05) is 23.2 Å². The Balaban J connectivity index is 2.53. The topological polar surface area (TPSA) is 47.8 Å². The van der Waals surface area contributed by atoms with Gasteiger partial charge in [-0.05, 0) is 35.8 Å². The lowest BCUT2D eigenvalue weighted by Crippen LogP contribution is -2.15. The summed E-state index contributed by atoms with van der Waals surface area (Å²) in [5, 5.41) is 4.77. The van der Waals surface area contributed by atoms with E-state index in [2.05, 4.69) is 26.0 Å². The minimum absolute atomic E-state index is 0.0522. The fourth-order valence-corrected chi connectivity index (χ4v) is 2.56. The van der Waals surface area contributed by atoms with E-state index in [1.54, 1.807) is 10.9 Å². The summed E-state index contributed by atoms with van der Waals surface area (Å²) < 4.78 is 2.23. The molecule has 19 heavy (non-hydrogen) atoms. The van der Waals surface area contributed by atoms with E-state index in [9.17, 15) is 4.79 Å². The zero-order chi connectivity index (χ0) is 14.2. The number of hydrogen-bond donors (Lipinski definition) is 0. The first-order valence-electron chi connectivity index (χ1n) is 5.50. The molecule has 7 heteroatoms. The molecule has 0 aliphatic rings. The van der Waals surface area contributed by atoms with Crippen LogP contribution in [0.25, 0.3) is 0 Å². The van der Waals surface area contributed by atoms with Gasteiger partial charge in [-0.3, -0.25) is 9.48 Å².